The maximum Gasteiger partial charge on any atom is 0.329 e. The number of nitrogens with one attached hydrogen (secondary N) is 1. The lowest BCUT2D eigenvalue weighted by molar-refractivity contribution is -0.159. The van der Waals surface area contributed by atoms with Gasteiger partial charge in [0.25, 0.3) is 15.9 Å². The Bertz CT molecular complexity index is 881. The lowest BCUT2D eigenvalue weighted by atomic mass is 10.0. The second kappa shape index (κ2) is 7.67. The number of carbonyl (C=O) groups excluding carboxylic acids is 2. The summed E-state index contributed by atoms with van der Waals surface area (Å²) >= 11 is 0. The molecule has 1 amide bonds. The van der Waals surface area contributed by atoms with Gasteiger partial charge in [0.1, 0.15) is 10.9 Å². The number of likely N-dealkylation sites (N-methyl/N-ethyl adjacent to an activating group) is 1. The van der Waals surface area contributed by atoms with E-state index in [4.69, 9.17) is 4.74 Å². The van der Waals surface area contributed by atoms with Gasteiger partial charge < -0.3 is 15.0 Å². The van der Waals surface area contributed by atoms with Crippen molar-refractivity contribution >= 4 is 27.7 Å². The molecule has 1 aromatic rings. The highest BCUT2D eigenvalue weighted by molar-refractivity contribution is 7.90. The molecule has 146 valence electrons. The van der Waals surface area contributed by atoms with Gasteiger partial charge in [0.05, 0.1) is 0 Å². The predicted octanol–water partition coefficient (Wildman–Crippen LogP) is 1.06. The minimum atomic E-state index is -3.77. The summed E-state index contributed by atoms with van der Waals surface area (Å²) in [5.41, 5.74) is 0.494. The van der Waals surface area contributed by atoms with Gasteiger partial charge in [-0.15, -0.1) is 4.40 Å². The fourth-order valence-electron chi connectivity index (χ4n) is 3.35. The number of amidine groups is 1. The first-order valence-electron chi connectivity index (χ1n) is 9.04. The largest absolute Gasteiger partial charge is 0.451 e. The van der Waals surface area contributed by atoms with Crippen molar-refractivity contribution in [3.63, 3.8) is 0 Å². The average Bonchev–Trinajstić information content (AvgIpc) is 2.93. The Balaban J connectivity index is 1.85. The topological polar surface area (TPSA) is 105 Å². The van der Waals surface area contributed by atoms with Crippen LogP contribution in [0, 0.1) is 0 Å². The van der Waals surface area contributed by atoms with Gasteiger partial charge in [-0.2, -0.15) is 8.42 Å². The quantitative estimate of drug-likeness (QED) is 0.767. The summed E-state index contributed by atoms with van der Waals surface area (Å²) in [4.78, 5) is 26.4. The Kier molecular flexibility index (Phi) is 5.50. The summed E-state index contributed by atoms with van der Waals surface area (Å²) in [6.07, 6.45) is 1.23. The van der Waals surface area contributed by atoms with Gasteiger partial charge in [0.2, 0.25) is 0 Å². The summed E-state index contributed by atoms with van der Waals surface area (Å²) in [7, 11) is -3.77. The molecule has 0 saturated carbocycles. The molecule has 1 N–H and O–H groups in total. The second-order valence-corrected chi connectivity index (χ2v) is 8.14. The van der Waals surface area contributed by atoms with Gasteiger partial charge >= 0.3 is 5.97 Å². The van der Waals surface area contributed by atoms with Gasteiger partial charge in [-0.25, -0.2) is 4.79 Å². The third-order valence-electron chi connectivity index (χ3n) is 4.67. The van der Waals surface area contributed by atoms with E-state index in [9.17, 15) is 18.0 Å². The Morgan fingerprint density at radius 2 is 2.07 bits per heavy atom. The van der Waals surface area contributed by atoms with Gasteiger partial charge in [-0.05, 0) is 45.2 Å². The van der Waals surface area contributed by atoms with Crippen LogP contribution in [-0.4, -0.2) is 56.3 Å². The Morgan fingerprint density at radius 1 is 1.33 bits per heavy atom. The van der Waals surface area contributed by atoms with Crippen molar-refractivity contribution in [3.05, 3.63) is 29.8 Å². The van der Waals surface area contributed by atoms with Crippen LogP contribution in [0.2, 0.25) is 0 Å². The standard InChI is InChI=1S/C18H23N3O5S/c1-3-19-17(22)12(2)26-18(23)14-9-6-7-11-21(14)16-13-8-4-5-10-15(13)27(24,25)20-16/h4-5,8,10,12,14H,3,6-7,9,11H2,1-2H3,(H,19,22)/t12-,14-/m0/s1. The molecule has 27 heavy (non-hydrogen) atoms. The van der Waals surface area contributed by atoms with Crippen molar-refractivity contribution < 1.29 is 22.7 Å². The number of benzene rings is 1. The van der Waals surface area contributed by atoms with Crippen LogP contribution in [0.1, 0.15) is 38.7 Å². The van der Waals surface area contributed by atoms with Gasteiger partial charge in [-0.3, -0.25) is 4.79 Å². The third-order valence-corrected chi connectivity index (χ3v) is 6.00. The first-order valence-corrected chi connectivity index (χ1v) is 10.5. The number of carbonyl (C=O) groups is 2. The molecule has 0 radical (unpaired) electrons. The number of sulfonamides is 1. The molecule has 0 bridgehead atoms. The number of fused-ring (bicyclic) bond motifs is 1. The highest BCUT2D eigenvalue weighted by Gasteiger charge is 2.39. The van der Waals surface area contributed by atoms with Crippen LogP contribution in [0.5, 0.6) is 0 Å². The smallest absolute Gasteiger partial charge is 0.329 e. The summed E-state index contributed by atoms with van der Waals surface area (Å²) in [5.74, 6) is -0.629. The van der Waals surface area contributed by atoms with E-state index in [0.29, 0.717) is 25.1 Å². The van der Waals surface area contributed by atoms with Gasteiger partial charge in [0.15, 0.2) is 11.9 Å². The molecule has 8 nitrogen and oxygen atoms in total. The lowest BCUT2D eigenvalue weighted by Gasteiger charge is -2.35. The number of hydrogen-bond donors (Lipinski definition) is 1. The van der Waals surface area contributed by atoms with Crippen LogP contribution in [0.15, 0.2) is 33.6 Å². The summed E-state index contributed by atoms with van der Waals surface area (Å²) in [5, 5.41) is 2.61. The highest BCUT2D eigenvalue weighted by atomic mass is 32.2. The summed E-state index contributed by atoms with van der Waals surface area (Å²) in [6.45, 7) is 4.24. The number of rotatable bonds is 4. The third kappa shape index (κ3) is 3.83. The first kappa shape index (κ1) is 19.3. The normalized spacial score (nSPS) is 21.8. The predicted molar refractivity (Wildman–Crippen MR) is 98.7 cm³/mol. The number of amides is 1. The highest BCUT2D eigenvalue weighted by Crippen LogP contribution is 2.31. The van der Waals surface area contributed by atoms with Crippen molar-refractivity contribution in [3.8, 4) is 0 Å². The molecule has 0 unspecified atom stereocenters. The number of esters is 1. The van der Waals surface area contributed by atoms with E-state index in [-0.39, 0.29) is 16.6 Å². The van der Waals surface area contributed by atoms with Crippen LogP contribution >= 0.6 is 0 Å². The molecule has 2 atom stereocenters. The number of hydrogen-bond acceptors (Lipinski definition) is 6. The molecule has 0 aliphatic carbocycles. The van der Waals surface area contributed by atoms with Crippen LogP contribution in [0.3, 0.4) is 0 Å². The van der Waals surface area contributed by atoms with Crippen LogP contribution in [0.25, 0.3) is 0 Å². The fraction of sp³-hybridized carbons (Fsp3) is 0.500. The molecular formula is C18H23N3O5S. The zero-order valence-electron chi connectivity index (χ0n) is 15.3. The van der Waals surface area contributed by atoms with E-state index >= 15 is 0 Å². The maximum atomic E-state index is 12.7. The number of nitrogens with zero attached hydrogens (tertiary/aromatic N) is 2. The van der Waals surface area contributed by atoms with Crippen LogP contribution in [0.4, 0.5) is 0 Å². The van der Waals surface area contributed by atoms with Gasteiger partial charge in [0, 0.05) is 18.7 Å². The molecule has 1 fully saturated rings. The SMILES string of the molecule is CCNC(=O)[C@H](C)OC(=O)[C@@H]1CCCCN1C1=NS(=O)(=O)c2ccccc21. The van der Waals surface area contributed by atoms with Crippen molar-refractivity contribution in [1.82, 2.24) is 10.2 Å². The molecule has 9 heteroatoms. The van der Waals surface area contributed by atoms with E-state index in [1.54, 1.807) is 30.0 Å². The lowest BCUT2D eigenvalue weighted by Crippen LogP contribution is -2.50. The van der Waals surface area contributed by atoms with Crippen LogP contribution in [-0.2, 0) is 24.3 Å². The Hall–Kier alpha value is -2.42. The zero-order chi connectivity index (χ0) is 19.6. The maximum absolute atomic E-state index is 12.7. The van der Waals surface area contributed by atoms with Crippen molar-refractivity contribution in [2.75, 3.05) is 13.1 Å². The van der Waals surface area contributed by atoms with E-state index < -0.39 is 28.1 Å². The fourth-order valence-corrected chi connectivity index (χ4v) is 4.57. The minimum absolute atomic E-state index is 0.147. The zero-order valence-corrected chi connectivity index (χ0v) is 16.2. The van der Waals surface area contributed by atoms with Crippen molar-refractivity contribution in [1.29, 1.82) is 0 Å². The second-order valence-electron chi connectivity index (χ2n) is 6.56. The monoisotopic (exact) mass is 393 g/mol. The van der Waals surface area contributed by atoms with Gasteiger partial charge in [-0.1, -0.05) is 12.1 Å². The van der Waals surface area contributed by atoms with E-state index in [2.05, 4.69) is 9.71 Å². The average molecular weight is 393 g/mol. The number of ether oxygens (including phenoxy) is 1. The van der Waals surface area contributed by atoms with E-state index in [1.165, 1.54) is 13.0 Å². The molecular weight excluding hydrogens is 370 g/mol. The van der Waals surface area contributed by atoms with Crippen molar-refractivity contribution in [2.45, 2.75) is 50.2 Å². The van der Waals surface area contributed by atoms with E-state index in [1.807, 2.05) is 0 Å². The first-order chi connectivity index (χ1) is 12.8. The van der Waals surface area contributed by atoms with Crippen LogP contribution < -0.4 is 5.32 Å². The molecule has 2 aliphatic rings. The molecule has 2 aliphatic heterocycles. The Labute approximate surface area is 158 Å². The van der Waals surface area contributed by atoms with Crippen molar-refractivity contribution in [2.24, 2.45) is 4.40 Å². The molecule has 1 saturated heterocycles. The molecule has 1 aromatic carbocycles. The minimum Gasteiger partial charge on any atom is -0.451 e. The summed E-state index contributed by atoms with van der Waals surface area (Å²) < 4.78 is 33.9. The number of likely N-dealkylation sites (tertiary alicyclic amines) is 1. The molecule has 0 aromatic heterocycles. The molecule has 0 spiro atoms. The Morgan fingerprint density at radius 3 is 2.81 bits per heavy atom. The molecule has 3 rings (SSSR count). The summed E-state index contributed by atoms with van der Waals surface area (Å²) in [6, 6.07) is 5.91. The molecule has 2 heterocycles. The number of piperidine rings is 1. The van der Waals surface area contributed by atoms with E-state index in [0.717, 1.165) is 12.8 Å².